The number of carbonyl (C=O) groups excluding carboxylic acids is 2. The molecule has 28 heavy (non-hydrogen) atoms. The molecule has 0 aliphatic carbocycles. The summed E-state index contributed by atoms with van der Waals surface area (Å²) in [6.07, 6.45) is 0. The van der Waals surface area contributed by atoms with Crippen LogP contribution in [0.2, 0.25) is 0 Å². The van der Waals surface area contributed by atoms with Crippen molar-refractivity contribution in [1.29, 1.82) is 0 Å². The van der Waals surface area contributed by atoms with Crippen LogP contribution in [-0.4, -0.2) is 51.7 Å². The molecule has 0 unspecified atom stereocenters. The van der Waals surface area contributed by atoms with Crippen LogP contribution in [0.3, 0.4) is 0 Å². The maximum Gasteiger partial charge on any atom is 0.253 e. The number of rotatable bonds is 6. The zero-order chi connectivity index (χ0) is 20.1. The summed E-state index contributed by atoms with van der Waals surface area (Å²) in [5.74, 6) is -0.444. The van der Waals surface area contributed by atoms with E-state index in [0.29, 0.717) is 27.8 Å². The first-order chi connectivity index (χ1) is 13.4. The van der Waals surface area contributed by atoms with Crippen molar-refractivity contribution in [3.63, 3.8) is 0 Å². The van der Waals surface area contributed by atoms with Crippen molar-refractivity contribution in [3.8, 4) is 11.4 Å². The second-order valence-corrected chi connectivity index (χ2v) is 7.01. The summed E-state index contributed by atoms with van der Waals surface area (Å²) >= 11 is 1.12. The first-order valence-electron chi connectivity index (χ1n) is 8.35. The van der Waals surface area contributed by atoms with Crippen molar-refractivity contribution >= 4 is 29.3 Å². The third-order valence-electron chi connectivity index (χ3n) is 3.73. The van der Waals surface area contributed by atoms with Gasteiger partial charge in [-0.1, -0.05) is 30.0 Å². The van der Waals surface area contributed by atoms with Crippen LogP contribution in [0.1, 0.15) is 10.4 Å². The number of hydrogen-bond acceptors (Lipinski definition) is 5. The van der Waals surface area contributed by atoms with Gasteiger partial charge in [0.05, 0.1) is 11.3 Å². The van der Waals surface area contributed by atoms with Crippen LogP contribution in [0.5, 0.6) is 0 Å². The number of anilines is 1. The Morgan fingerprint density at radius 3 is 2.71 bits per heavy atom. The fourth-order valence-electron chi connectivity index (χ4n) is 2.40. The molecule has 7 nitrogen and oxygen atoms in total. The summed E-state index contributed by atoms with van der Waals surface area (Å²) in [7, 11) is 3.33. The van der Waals surface area contributed by atoms with E-state index >= 15 is 0 Å². The number of aromatic amines is 1. The highest BCUT2D eigenvalue weighted by atomic mass is 32.2. The average molecular weight is 399 g/mol. The van der Waals surface area contributed by atoms with Gasteiger partial charge >= 0.3 is 0 Å². The molecule has 1 heterocycles. The summed E-state index contributed by atoms with van der Waals surface area (Å²) in [5.41, 5.74) is 1.33. The summed E-state index contributed by atoms with van der Waals surface area (Å²) in [6, 6.07) is 12.9. The Kier molecular flexibility index (Phi) is 6.05. The molecule has 0 spiro atoms. The number of carbonyl (C=O) groups is 2. The van der Waals surface area contributed by atoms with E-state index < -0.39 is 5.82 Å². The number of hydrogen-bond donors (Lipinski definition) is 2. The van der Waals surface area contributed by atoms with E-state index in [1.54, 1.807) is 56.6 Å². The molecule has 144 valence electrons. The molecule has 2 aromatic carbocycles. The molecule has 0 aliphatic rings. The van der Waals surface area contributed by atoms with Crippen molar-refractivity contribution in [2.24, 2.45) is 0 Å². The summed E-state index contributed by atoms with van der Waals surface area (Å²) in [5, 5.41) is 9.75. The van der Waals surface area contributed by atoms with Gasteiger partial charge in [-0.25, -0.2) is 9.37 Å². The highest BCUT2D eigenvalue weighted by Gasteiger charge is 2.13. The highest BCUT2D eigenvalue weighted by molar-refractivity contribution is 7.99. The summed E-state index contributed by atoms with van der Waals surface area (Å²) in [6.45, 7) is 0. The molecular formula is C19H18FN5O2S. The maximum absolute atomic E-state index is 13.8. The number of nitrogens with zero attached hydrogens (tertiary/aromatic N) is 3. The number of amides is 2. The van der Waals surface area contributed by atoms with Gasteiger partial charge in [0.2, 0.25) is 11.1 Å². The Balaban J connectivity index is 1.59. The van der Waals surface area contributed by atoms with Gasteiger partial charge in [-0.15, -0.1) is 5.10 Å². The lowest BCUT2D eigenvalue weighted by Crippen LogP contribution is -2.22. The Morgan fingerprint density at radius 1 is 1.18 bits per heavy atom. The Labute approximate surface area is 165 Å². The van der Waals surface area contributed by atoms with Gasteiger partial charge in [0, 0.05) is 25.3 Å². The fourth-order valence-corrected chi connectivity index (χ4v) is 3.00. The number of H-pyrrole nitrogens is 1. The number of thioether (sulfide) groups is 1. The maximum atomic E-state index is 13.8. The third-order valence-corrected chi connectivity index (χ3v) is 4.57. The predicted molar refractivity (Wildman–Crippen MR) is 106 cm³/mol. The minimum Gasteiger partial charge on any atom is -0.345 e. The second kappa shape index (κ2) is 8.66. The standard InChI is InChI=1S/C19H18FN5O2S/c1-25(2)18(27)12-6-5-7-13(10-12)21-16(26)11-28-19-22-17(23-24-19)14-8-3-4-9-15(14)20/h3-10H,11H2,1-2H3,(H,21,26)(H,22,23,24). The highest BCUT2D eigenvalue weighted by Crippen LogP contribution is 2.21. The first kappa shape index (κ1) is 19.6. The van der Waals surface area contributed by atoms with Gasteiger partial charge in [-0.05, 0) is 30.3 Å². The monoisotopic (exact) mass is 399 g/mol. The molecule has 0 radical (unpaired) electrons. The quantitative estimate of drug-likeness (QED) is 0.622. The lowest BCUT2D eigenvalue weighted by atomic mass is 10.2. The largest absolute Gasteiger partial charge is 0.345 e. The van der Waals surface area contributed by atoms with Gasteiger partial charge in [-0.3, -0.25) is 14.7 Å². The van der Waals surface area contributed by atoms with E-state index in [0.717, 1.165) is 11.8 Å². The van der Waals surface area contributed by atoms with Crippen LogP contribution >= 0.6 is 11.8 Å². The number of halogens is 1. The molecule has 3 rings (SSSR count). The van der Waals surface area contributed by atoms with Crippen LogP contribution in [0, 0.1) is 5.82 Å². The van der Waals surface area contributed by atoms with Crippen molar-refractivity contribution in [2.45, 2.75) is 5.16 Å². The minimum atomic E-state index is -0.403. The van der Waals surface area contributed by atoms with Crippen molar-refractivity contribution in [1.82, 2.24) is 20.1 Å². The number of nitrogens with one attached hydrogen (secondary N) is 2. The van der Waals surface area contributed by atoms with E-state index in [9.17, 15) is 14.0 Å². The number of benzene rings is 2. The van der Waals surface area contributed by atoms with E-state index in [1.165, 1.54) is 11.0 Å². The Morgan fingerprint density at radius 2 is 1.96 bits per heavy atom. The molecule has 0 atom stereocenters. The SMILES string of the molecule is CN(C)C(=O)c1cccc(NC(=O)CSc2n[nH]c(-c3ccccc3F)n2)c1. The number of aromatic nitrogens is 3. The zero-order valence-corrected chi connectivity index (χ0v) is 16.1. The van der Waals surface area contributed by atoms with Crippen molar-refractivity contribution < 1.29 is 14.0 Å². The molecule has 0 fully saturated rings. The molecule has 2 N–H and O–H groups in total. The molecule has 1 aromatic heterocycles. The molecule has 0 saturated carbocycles. The smallest absolute Gasteiger partial charge is 0.253 e. The van der Waals surface area contributed by atoms with Crippen molar-refractivity contribution in [2.75, 3.05) is 25.2 Å². The molecule has 3 aromatic rings. The summed E-state index contributed by atoms with van der Waals surface area (Å²) < 4.78 is 13.8. The molecule has 0 saturated heterocycles. The van der Waals surface area contributed by atoms with Gasteiger partial charge in [-0.2, -0.15) is 0 Å². The van der Waals surface area contributed by atoms with Crippen LogP contribution in [0.4, 0.5) is 10.1 Å². The van der Waals surface area contributed by atoms with Crippen LogP contribution < -0.4 is 5.32 Å². The topological polar surface area (TPSA) is 91.0 Å². The van der Waals surface area contributed by atoms with Gasteiger partial charge in [0.25, 0.3) is 5.91 Å². The molecule has 0 bridgehead atoms. The molecule has 9 heteroatoms. The van der Waals surface area contributed by atoms with E-state index in [1.807, 2.05) is 0 Å². The first-order valence-corrected chi connectivity index (χ1v) is 9.34. The summed E-state index contributed by atoms with van der Waals surface area (Å²) in [4.78, 5) is 29.8. The predicted octanol–water partition coefficient (Wildman–Crippen LogP) is 3.04. The Bertz CT molecular complexity index is 1010. The van der Waals surface area contributed by atoms with Gasteiger partial charge < -0.3 is 10.2 Å². The van der Waals surface area contributed by atoms with Crippen molar-refractivity contribution in [3.05, 3.63) is 59.9 Å². The lowest BCUT2D eigenvalue weighted by Gasteiger charge is -2.11. The molecule has 2 amide bonds. The van der Waals surface area contributed by atoms with Gasteiger partial charge in [0.1, 0.15) is 5.82 Å². The van der Waals surface area contributed by atoms with E-state index in [4.69, 9.17) is 0 Å². The van der Waals surface area contributed by atoms with E-state index in [-0.39, 0.29) is 17.6 Å². The second-order valence-electron chi connectivity index (χ2n) is 6.06. The van der Waals surface area contributed by atoms with E-state index in [2.05, 4.69) is 20.5 Å². The lowest BCUT2D eigenvalue weighted by molar-refractivity contribution is -0.113. The molecule has 0 aliphatic heterocycles. The normalized spacial score (nSPS) is 10.5. The van der Waals surface area contributed by atoms with Gasteiger partial charge in [0.15, 0.2) is 5.82 Å². The van der Waals surface area contributed by atoms with Crippen LogP contribution in [-0.2, 0) is 4.79 Å². The Hall–Kier alpha value is -3.20. The molecular weight excluding hydrogens is 381 g/mol. The minimum absolute atomic E-state index is 0.0699. The third kappa shape index (κ3) is 4.74. The van der Waals surface area contributed by atoms with Crippen LogP contribution in [0.25, 0.3) is 11.4 Å². The average Bonchev–Trinajstić information content (AvgIpc) is 3.15. The zero-order valence-electron chi connectivity index (χ0n) is 15.3. The fraction of sp³-hybridized carbons (Fsp3) is 0.158. The van der Waals surface area contributed by atoms with Crippen LogP contribution in [0.15, 0.2) is 53.7 Å².